The quantitative estimate of drug-likeness (QED) is 0.799. The van der Waals surface area contributed by atoms with Crippen LogP contribution in [0.5, 0.6) is 5.75 Å². The van der Waals surface area contributed by atoms with Crippen molar-refractivity contribution in [1.29, 1.82) is 0 Å². The highest BCUT2D eigenvalue weighted by Gasteiger charge is 2.10. The maximum Gasteiger partial charge on any atom is 0.217 e. The Balaban J connectivity index is 3.16. The molecule has 1 amide bonds. The molecule has 0 unspecified atom stereocenters. The smallest absolute Gasteiger partial charge is 0.217 e. The number of hydrogen-bond donors (Lipinski definition) is 1. The van der Waals surface area contributed by atoms with Gasteiger partial charge in [0.05, 0.1) is 14.5 Å². The summed E-state index contributed by atoms with van der Waals surface area (Å²) in [5, 5.41) is 2.46. The second-order valence-corrected chi connectivity index (χ2v) is 2.86. The number of rotatable bonds is 3. The van der Waals surface area contributed by atoms with E-state index in [9.17, 15) is 4.79 Å². The lowest BCUT2D eigenvalue weighted by Crippen LogP contribution is -2.23. The van der Waals surface area contributed by atoms with Crippen molar-refractivity contribution in [3.63, 3.8) is 0 Å². The van der Waals surface area contributed by atoms with Gasteiger partial charge in [-0.3, -0.25) is 4.79 Å². The molecule has 1 atom stereocenters. The summed E-state index contributed by atoms with van der Waals surface area (Å²) in [5.41, 5.74) is 0.489. The number of para-hydroxylation sites is 1. The SMILES string of the molecule is [2H]C[C@@]([2H])(NC(C)=O)c1ccccc1OC. The van der Waals surface area contributed by atoms with Crippen LogP contribution < -0.4 is 10.1 Å². The maximum absolute atomic E-state index is 11.0. The molecule has 1 aromatic carbocycles. The third-order valence-electron chi connectivity index (χ3n) is 1.76. The van der Waals surface area contributed by atoms with Gasteiger partial charge in [0.25, 0.3) is 0 Å². The van der Waals surface area contributed by atoms with E-state index in [4.69, 9.17) is 7.48 Å². The Hall–Kier alpha value is -1.51. The van der Waals surface area contributed by atoms with E-state index in [1.54, 1.807) is 24.3 Å². The van der Waals surface area contributed by atoms with Crippen molar-refractivity contribution in [3.8, 4) is 5.75 Å². The van der Waals surface area contributed by atoms with E-state index in [2.05, 4.69) is 5.32 Å². The molecular formula is C11H15NO2. The predicted octanol–water partition coefficient (Wildman–Crippen LogP) is 1.89. The van der Waals surface area contributed by atoms with Crippen molar-refractivity contribution in [2.24, 2.45) is 0 Å². The minimum Gasteiger partial charge on any atom is -0.496 e. The van der Waals surface area contributed by atoms with Gasteiger partial charge in [-0.05, 0) is 13.0 Å². The third-order valence-corrected chi connectivity index (χ3v) is 1.76. The van der Waals surface area contributed by atoms with Crippen molar-refractivity contribution in [3.05, 3.63) is 29.8 Å². The van der Waals surface area contributed by atoms with Gasteiger partial charge in [0, 0.05) is 13.9 Å². The first-order chi connectivity index (χ1) is 7.53. The molecule has 0 fully saturated rings. The normalized spacial score (nSPS) is 16.1. The Bertz CT molecular complexity index is 384. The van der Waals surface area contributed by atoms with Gasteiger partial charge in [0.15, 0.2) is 0 Å². The summed E-state index contributed by atoms with van der Waals surface area (Å²) in [5.74, 6) is 0.159. The zero-order chi connectivity index (χ0) is 12.2. The molecule has 0 saturated carbocycles. The fraction of sp³-hybridized carbons (Fsp3) is 0.364. The van der Waals surface area contributed by atoms with Gasteiger partial charge in [0.2, 0.25) is 5.91 Å². The summed E-state index contributed by atoms with van der Waals surface area (Å²) in [6.07, 6.45) is 0. The van der Waals surface area contributed by atoms with Crippen molar-refractivity contribution in [2.75, 3.05) is 7.11 Å². The Kier molecular flexibility index (Phi) is 2.61. The topological polar surface area (TPSA) is 38.3 Å². The van der Waals surface area contributed by atoms with Crippen LogP contribution in [0.4, 0.5) is 0 Å². The van der Waals surface area contributed by atoms with Crippen LogP contribution in [0, 0.1) is 0 Å². The third kappa shape index (κ3) is 2.49. The average Bonchev–Trinajstić information content (AvgIpc) is 2.28. The number of benzene rings is 1. The van der Waals surface area contributed by atoms with Crippen LogP contribution in [0.1, 0.15) is 28.1 Å². The van der Waals surface area contributed by atoms with E-state index >= 15 is 0 Å². The highest BCUT2D eigenvalue weighted by molar-refractivity contribution is 5.73. The Labute approximate surface area is 86.9 Å². The van der Waals surface area contributed by atoms with Gasteiger partial charge in [-0.1, -0.05) is 18.2 Å². The summed E-state index contributed by atoms with van der Waals surface area (Å²) in [6.45, 7) is 1.06. The monoisotopic (exact) mass is 195 g/mol. The van der Waals surface area contributed by atoms with Crippen LogP contribution >= 0.6 is 0 Å². The average molecular weight is 195 g/mol. The summed E-state index contributed by atoms with van der Waals surface area (Å²) in [6, 6.07) is 5.45. The molecule has 0 radical (unpaired) electrons. The lowest BCUT2D eigenvalue weighted by Gasteiger charge is -2.15. The van der Waals surface area contributed by atoms with E-state index in [1.165, 1.54) is 14.0 Å². The van der Waals surface area contributed by atoms with Gasteiger partial charge < -0.3 is 10.1 Å². The second kappa shape index (κ2) is 4.65. The van der Waals surface area contributed by atoms with Crippen LogP contribution in [-0.4, -0.2) is 13.0 Å². The minimum atomic E-state index is -1.46. The zero-order valence-corrected chi connectivity index (χ0v) is 8.33. The van der Waals surface area contributed by atoms with Gasteiger partial charge in [-0.15, -0.1) is 0 Å². The van der Waals surface area contributed by atoms with E-state index in [1.807, 2.05) is 0 Å². The van der Waals surface area contributed by atoms with Gasteiger partial charge in [-0.2, -0.15) is 0 Å². The van der Waals surface area contributed by atoms with E-state index in [-0.39, 0.29) is 12.8 Å². The van der Waals surface area contributed by atoms with Gasteiger partial charge in [0.1, 0.15) is 5.75 Å². The van der Waals surface area contributed by atoms with Crippen LogP contribution in [0.3, 0.4) is 0 Å². The molecule has 14 heavy (non-hydrogen) atoms. The zero-order valence-electron chi connectivity index (χ0n) is 10.3. The first-order valence-electron chi connectivity index (χ1n) is 5.45. The molecule has 76 valence electrons. The van der Waals surface area contributed by atoms with Crippen molar-refractivity contribution >= 4 is 5.91 Å². The molecular weight excluding hydrogens is 178 g/mol. The molecule has 3 heteroatoms. The second-order valence-electron chi connectivity index (χ2n) is 2.86. The van der Waals surface area contributed by atoms with Gasteiger partial charge >= 0.3 is 0 Å². The maximum atomic E-state index is 11.0. The Morgan fingerprint density at radius 3 is 2.93 bits per heavy atom. The summed E-state index contributed by atoms with van der Waals surface area (Å²) in [4.78, 5) is 11.0. The summed E-state index contributed by atoms with van der Waals surface area (Å²) < 4.78 is 20.6. The highest BCUT2D eigenvalue weighted by atomic mass is 16.5. The largest absolute Gasteiger partial charge is 0.496 e. The Morgan fingerprint density at radius 2 is 2.36 bits per heavy atom. The van der Waals surface area contributed by atoms with Crippen molar-refractivity contribution in [2.45, 2.75) is 19.8 Å². The number of nitrogens with one attached hydrogen (secondary N) is 1. The van der Waals surface area contributed by atoms with Crippen LogP contribution in [0.15, 0.2) is 24.3 Å². The molecule has 0 aromatic heterocycles. The fourth-order valence-corrected chi connectivity index (χ4v) is 1.17. The molecule has 0 aliphatic heterocycles. The number of methoxy groups -OCH3 is 1. The highest BCUT2D eigenvalue weighted by Crippen LogP contribution is 2.23. The first kappa shape index (κ1) is 7.85. The lowest BCUT2D eigenvalue weighted by atomic mass is 10.1. The summed E-state index contributed by atoms with van der Waals surface area (Å²) in [7, 11) is 1.50. The van der Waals surface area contributed by atoms with E-state index < -0.39 is 6.02 Å². The molecule has 0 aliphatic carbocycles. The predicted molar refractivity (Wildman–Crippen MR) is 55.2 cm³/mol. The van der Waals surface area contributed by atoms with Crippen LogP contribution in [-0.2, 0) is 4.79 Å². The fourth-order valence-electron chi connectivity index (χ4n) is 1.17. The lowest BCUT2D eigenvalue weighted by molar-refractivity contribution is -0.119. The van der Waals surface area contributed by atoms with Crippen LogP contribution in [0.2, 0.25) is 0 Å². The molecule has 0 heterocycles. The summed E-state index contributed by atoms with van der Waals surface area (Å²) >= 11 is 0. The van der Waals surface area contributed by atoms with Crippen LogP contribution in [0.25, 0.3) is 0 Å². The van der Waals surface area contributed by atoms with E-state index in [0.717, 1.165) is 0 Å². The number of hydrogen-bond acceptors (Lipinski definition) is 2. The molecule has 3 nitrogen and oxygen atoms in total. The number of ether oxygens (including phenoxy) is 1. The molecule has 1 rings (SSSR count). The molecule has 1 aromatic rings. The molecule has 0 spiro atoms. The standard InChI is InChI=1S/C11H15NO2/c1-8(12-9(2)13)10-6-4-5-7-11(10)14-3/h4-8H,1-3H3,(H,12,13)/t8-/m1/s1/i1D,8D. The molecule has 0 saturated heterocycles. The number of carbonyl (C=O) groups excluding carboxylic acids is 1. The van der Waals surface area contributed by atoms with E-state index in [0.29, 0.717) is 11.3 Å². The van der Waals surface area contributed by atoms with Crippen molar-refractivity contribution in [1.82, 2.24) is 5.32 Å². The first-order valence-corrected chi connectivity index (χ1v) is 4.25. The molecule has 0 bridgehead atoms. The molecule has 1 N–H and O–H groups in total. The molecule has 0 aliphatic rings. The minimum absolute atomic E-state index is 0.271. The van der Waals surface area contributed by atoms with Gasteiger partial charge in [-0.25, -0.2) is 0 Å². The number of amides is 1. The number of carbonyl (C=O) groups is 1. The van der Waals surface area contributed by atoms with Crippen molar-refractivity contribution < 1.29 is 12.3 Å². The Morgan fingerprint density at radius 1 is 1.64 bits per heavy atom.